The van der Waals surface area contributed by atoms with Crippen molar-refractivity contribution in [2.45, 2.75) is 26.8 Å². The maximum atomic E-state index is 12.8. The minimum absolute atomic E-state index is 0.0168. The van der Waals surface area contributed by atoms with Gasteiger partial charge in [-0.15, -0.1) is 0 Å². The predicted octanol–water partition coefficient (Wildman–Crippen LogP) is 2.65. The molecule has 32 heavy (non-hydrogen) atoms. The zero-order chi connectivity index (χ0) is 22.5. The van der Waals surface area contributed by atoms with E-state index in [9.17, 15) is 4.79 Å². The number of pyridine rings is 1. The van der Waals surface area contributed by atoms with Crippen LogP contribution in [0.15, 0.2) is 30.6 Å². The van der Waals surface area contributed by atoms with Crippen molar-refractivity contribution < 1.29 is 4.79 Å². The van der Waals surface area contributed by atoms with Crippen molar-refractivity contribution in [1.82, 2.24) is 29.7 Å². The van der Waals surface area contributed by atoms with E-state index in [-0.39, 0.29) is 17.4 Å². The Balaban J connectivity index is 1.45. The first-order chi connectivity index (χ1) is 15.3. The molecule has 0 aliphatic carbocycles. The van der Waals surface area contributed by atoms with Gasteiger partial charge in [-0.1, -0.05) is 20.8 Å². The average molecular weight is 435 g/mol. The summed E-state index contributed by atoms with van der Waals surface area (Å²) in [7, 11) is 1.86. The lowest BCUT2D eigenvalue weighted by Gasteiger charge is -2.40. The second kappa shape index (κ2) is 7.74. The Morgan fingerprint density at radius 2 is 1.91 bits per heavy atom. The monoisotopic (exact) mass is 434 g/mol. The van der Waals surface area contributed by atoms with Crippen molar-refractivity contribution in [3.8, 4) is 0 Å². The van der Waals surface area contributed by atoms with Crippen molar-refractivity contribution in [3.05, 3.63) is 36.3 Å². The largest absolute Gasteiger partial charge is 0.368 e. The summed E-state index contributed by atoms with van der Waals surface area (Å²) < 4.78 is 2.09. The van der Waals surface area contributed by atoms with Gasteiger partial charge in [-0.3, -0.25) is 4.79 Å². The molecule has 1 atom stereocenters. The molecule has 3 aromatic rings. The standard InChI is InChI=1S/C23H30N8O/c1-23(2,3)18-14-29(4)21(32)17-11-15-12-26-22(28-20(15)31(17)18)27-19-6-5-16(13-25-19)30-9-7-24-8-10-30/h5-6,11-13,18,24H,7-10,14H2,1-4H3,(H,25,26,27,28). The molecule has 0 bridgehead atoms. The van der Waals surface area contributed by atoms with Crippen molar-refractivity contribution >= 4 is 34.4 Å². The van der Waals surface area contributed by atoms with E-state index >= 15 is 0 Å². The number of piperazine rings is 1. The van der Waals surface area contributed by atoms with Gasteiger partial charge in [0.15, 0.2) is 0 Å². The first-order valence-electron chi connectivity index (χ1n) is 11.1. The molecule has 5 rings (SSSR count). The van der Waals surface area contributed by atoms with Gasteiger partial charge in [0.1, 0.15) is 17.2 Å². The van der Waals surface area contributed by atoms with Gasteiger partial charge in [-0.25, -0.2) is 9.97 Å². The summed E-state index contributed by atoms with van der Waals surface area (Å²) in [5, 5.41) is 7.45. The summed E-state index contributed by atoms with van der Waals surface area (Å²) in [6.07, 6.45) is 3.66. The van der Waals surface area contributed by atoms with E-state index in [0.29, 0.717) is 24.0 Å². The van der Waals surface area contributed by atoms with Crippen LogP contribution in [0.2, 0.25) is 0 Å². The van der Waals surface area contributed by atoms with Crippen LogP contribution in [-0.4, -0.2) is 70.1 Å². The van der Waals surface area contributed by atoms with Gasteiger partial charge < -0.3 is 25.0 Å². The molecule has 0 spiro atoms. The van der Waals surface area contributed by atoms with Crippen molar-refractivity contribution in [2.24, 2.45) is 5.41 Å². The van der Waals surface area contributed by atoms with E-state index in [4.69, 9.17) is 4.98 Å². The van der Waals surface area contributed by atoms with E-state index in [1.165, 1.54) is 0 Å². The van der Waals surface area contributed by atoms with Crippen LogP contribution in [0.4, 0.5) is 17.5 Å². The minimum Gasteiger partial charge on any atom is -0.368 e. The molecule has 0 saturated carbocycles. The van der Waals surface area contributed by atoms with Crippen LogP contribution in [-0.2, 0) is 0 Å². The Morgan fingerprint density at radius 3 is 2.59 bits per heavy atom. The van der Waals surface area contributed by atoms with E-state index < -0.39 is 0 Å². The molecule has 0 aromatic carbocycles. The molecule has 1 saturated heterocycles. The zero-order valence-corrected chi connectivity index (χ0v) is 19.1. The molecule has 168 valence electrons. The SMILES string of the molecule is CN1CC(C(C)(C)C)n2c(cc3cnc(Nc4ccc(N5CCNCC5)cn4)nc32)C1=O. The zero-order valence-electron chi connectivity index (χ0n) is 19.1. The number of carbonyl (C=O) groups is 1. The lowest BCUT2D eigenvalue weighted by atomic mass is 9.85. The smallest absolute Gasteiger partial charge is 0.270 e. The molecule has 1 unspecified atom stereocenters. The first kappa shape index (κ1) is 20.7. The number of amides is 1. The molecule has 9 nitrogen and oxygen atoms in total. The molecule has 3 aromatic heterocycles. The lowest BCUT2D eigenvalue weighted by molar-refractivity contribution is 0.0648. The Morgan fingerprint density at radius 1 is 1.12 bits per heavy atom. The van der Waals surface area contributed by atoms with Crippen LogP contribution in [0.1, 0.15) is 37.3 Å². The fourth-order valence-corrected chi connectivity index (χ4v) is 4.51. The number of carbonyl (C=O) groups excluding carboxylic acids is 1. The van der Waals surface area contributed by atoms with Gasteiger partial charge in [-0.05, 0) is 23.6 Å². The molecule has 5 heterocycles. The van der Waals surface area contributed by atoms with Gasteiger partial charge in [0, 0.05) is 51.4 Å². The maximum Gasteiger partial charge on any atom is 0.270 e. The molecule has 1 amide bonds. The van der Waals surface area contributed by atoms with Crippen LogP contribution < -0.4 is 15.5 Å². The summed E-state index contributed by atoms with van der Waals surface area (Å²) in [6, 6.07) is 6.05. The second-order valence-corrected chi connectivity index (χ2v) is 9.70. The quantitative estimate of drug-likeness (QED) is 0.655. The number of hydrogen-bond donors (Lipinski definition) is 2. The highest BCUT2D eigenvalue weighted by Crippen LogP contribution is 2.38. The van der Waals surface area contributed by atoms with Crippen LogP contribution in [0.25, 0.3) is 11.0 Å². The third-order valence-electron chi connectivity index (χ3n) is 6.37. The molecule has 2 aliphatic heterocycles. The third kappa shape index (κ3) is 3.66. The molecule has 2 aliphatic rings. The Kier molecular flexibility index (Phi) is 5.00. The Hall–Kier alpha value is -3.20. The topological polar surface area (TPSA) is 91.2 Å². The number of fused-ring (bicyclic) bond motifs is 3. The van der Waals surface area contributed by atoms with E-state index in [2.05, 4.69) is 56.9 Å². The van der Waals surface area contributed by atoms with Gasteiger partial charge in [-0.2, -0.15) is 4.98 Å². The maximum absolute atomic E-state index is 12.8. The summed E-state index contributed by atoms with van der Waals surface area (Å²) in [5.41, 5.74) is 2.52. The Bertz CT molecular complexity index is 1140. The number of nitrogens with one attached hydrogen (secondary N) is 2. The molecule has 9 heteroatoms. The molecule has 0 radical (unpaired) electrons. The highest BCUT2D eigenvalue weighted by atomic mass is 16.2. The van der Waals surface area contributed by atoms with Crippen molar-refractivity contribution in [3.63, 3.8) is 0 Å². The number of anilines is 3. The van der Waals surface area contributed by atoms with Crippen LogP contribution in [0.5, 0.6) is 0 Å². The Labute approximate surface area is 187 Å². The van der Waals surface area contributed by atoms with E-state index in [1.807, 2.05) is 25.4 Å². The summed E-state index contributed by atoms with van der Waals surface area (Å²) in [6.45, 7) is 11.2. The fraction of sp³-hybridized carbons (Fsp3) is 0.478. The summed E-state index contributed by atoms with van der Waals surface area (Å²) >= 11 is 0. The second-order valence-electron chi connectivity index (χ2n) is 9.70. The number of likely N-dealkylation sites (N-methyl/N-ethyl adjacent to an activating group) is 1. The van der Waals surface area contributed by atoms with E-state index in [0.717, 1.165) is 42.9 Å². The van der Waals surface area contributed by atoms with Gasteiger partial charge in [0.05, 0.1) is 17.9 Å². The third-order valence-corrected chi connectivity index (χ3v) is 6.37. The summed E-state index contributed by atoms with van der Waals surface area (Å²) in [5.74, 6) is 1.18. The van der Waals surface area contributed by atoms with Crippen LogP contribution in [0, 0.1) is 5.41 Å². The van der Waals surface area contributed by atoms with Gasteiger partial charge >= 0.3 is 0 Å². The van der Waals surface area contributed by atoms with Gasteiger partial charge in [0.2, 0.25) is 5.95 Å². The fourth-order valence-electron chi connectivity index (χ4n) is 4.51. The number of hydrogen-bond acceptors (Lipinski definition) is 7. The molecular weight excluding hydrogens is 404 g/mol. The molecular formula is C23H30N8O. The van der Waals surface area contributed by atoms with E-state index in [1.54, 1.807) is 11.1 Å². The van der Waals surface area contributed by atoms with Gasteiger partial charge in [0.25, 0.3) is 5.91 Å². The molecule has 1 fully saturated rings. The normalized spacial score (nSPS) is 19.4. The number of nitrogens with zero attached hydrogens (tertiary/aromatic N) is 6. The first-order valence-corrected chi connectivity index (χ1v) is 11.1. The highest BCUT2D eigenvalue weighted by Gasteiger charge is 2.37. The number of aromatic nitrogens is 4. The van der Waals surface area contributed by atoms with Crippen molar-refractivity contribution in [2.75, 3.05) is 50.0 Å². The van der Waals surface area contributed by atoms with Crippen LogP contribution in [0.3, 0.4) is 0 Å². The summed E-state index contributed by atoms with van der Waals surface area (Å²) in [4.78, 5) is 30.8. The van der Waals surface area contributed by atoms with Crippen LogP contribution >= 0.6 is 0 Å². The average Bonchev–Trinajstić information content (AvgIpc) is 3.16. The molecule has 2 N–H and O–H groups in total. The predicted molar refractivity (Wildman–Crippen MR) is 126 cm³/mol. The van der Waals surface area contributed by atoms with Crippen molar-refractivity contribution in [1.29, 1.82) is 0 Å². The lowest BCUT2D eigenvalue weighted by Crippen LogP contribution is -2.44. The highest BCUT2D eigenvalue weighted by molar-refractivity contribution is 5.98. The number of rotatable bonds is 3. The minimum atomic E-state index is -0.0322.